The summed E-state index contributed by atoms with van der Waals surface area (Å²) in [5.74, 6) is 1.68. The van der Waals surface area contributed by atoms with Crippen molar-refractivity contribution >= 4 is 17.8 Å². The number of hydroxylamine groups is 1. The van der Waals surface area contributed by atoms with Crippen LogP contribution < -0.4 is 5.48 Å². The van der Waals surface area contributed by atoms with Gasteiger partial charge in [0.05, 0.1) is 25.9 Å². The largest absolute Gasteiger partial charge is 0.377 e. The molecule has 1 atom stereocenters. The highest BCUT2D eigenvalue weighted by Gasteiger charge is 2.33. The van der Waals surface area contributed by atoms with E-state index in [9.17, 15) is 4.79 Å². The van der Waals surface area contributed by atoms with Crippen LogP contribution in [0.5, 0.6) is 0 Å². The van der Waals surface area contributed by atoms with Crippen LogP contribution in [0.3, 0.4) is 0 Å². The van der Waals surface area contributed by atoms with Gasteiger partial charge < -0.3 is 9.64 Å². The SMILES string of the molecule is CSCCONC(=O)N1CCOCC1CC1CC1. The van der Waals surface area contributed by atoms with Crippen LogP contribution in [0.1, 0.15) is 19.3 Å². The fraction of sp³-hybridized carbons (Fsp3) is 0.917. The number of nitrogens with one attached hydrogen (secondary N) is 1. The van der Waals surface area contributed by atoms with Crippen LogP contribution in [0.4, 0.5) is 4.79 Å². The molecule has 0 radical (unpaired) electrons. The van der Waals surface area contributed by atoms with Crippen LogP contribution in [0.25, 0.3) is 0 Å². The second kappa shape index (κ2) is 7.21. The van der Waals surface area contributed by atoms with Gasteiger partial charge in [0.25, 0.3) is 0 Å². The topological polar surface area (TPSA) is 50.8 Å². The molecule has 0 aromatic heterocycles. The van der Waals surface area contributed by atoms with Crippen LogP contribution in [0.2, 0.25) is 0 Å². The number of thioether (sulfide) groups is 1. The van der Waals surface area contributed by atoms with Crippen molar-refractivity contribution in [1.29, 1.82) is 0 Å². The Kier molecular flexibility index (Phi) is 5.59. The first-order valence-corrected chi connectivity index (χ1v) is 7.95. The number of hydrogen-bond acceptors (Lipinski definition) is 4. The highest BCUT2D eigenvalue weighted by molar-refractivity contribution is 7.98. The fourth-order valence-electron chi connectivity index (χ4n) is 2.15. The minimum atomic E-state index is -0.120. The van der Waals surface area contributed by atoms with Crippen LogP contribution in [-0.2, 0) is 9.57 Å². The summed E-state index contributed by atoms with van der Waals surface area (Å²) in [5, 5.41) is 0. The van der Waals surface area contributed by atoms with Crippen molar-refractivity contribution in [2.75, 3.05) is 38.4 Å². The van der Waals surface area contributed by atoms with Crippen LogP contribution >= 0.6 is 11.8 Å². The monoisotopic (exact) mass is 274 g/mol. The van der Waals surface area contributed by atoms with E-state index in [0.29, 0.717) is 26.4 Å². The van der Waals surface area contributed by atoms with Gasteiger partial charge in [-0.25, -0.2) is 10.3 Å². The summed E-state index contributed by atoms with van der Waals surface area (Å²) >= 11 is 1.70. The summed E-state index contributed by atoms with van der Waals surface area (Å²) < 4.78 is 5.47. The van der Waals surface area contributed by atoms with Gasteiger partial charge in [-0.2, -0.15) is 11.8 Å². The second-order valence-corrected chi connectivity index (χ2v) is 5.84. The Morgan fingerprint density at radius 1 is 1.56 bits per heavy atom. The zero-order chi connectivity index (χ0) is 12.8. The van der Waals surface area contributed by atoms with Crippen LogP contribution in [0, 0.1) is 5.92 Å². The lowest BCUT2D eigenvalue weighted by molar-refractivity contribution is -0.0102. The Hall–Kier alpha value is -0.460. The Morgan fingerprint density at radius 2 is 2.39 bits per heavy atom. The number of carbonyl (C=O) groups is 1. The lowest BCUT2D eigenvalue weighted by atomic mass is 10.1. The van der Waals surface area contributed by atoms with Crippen molar-refractivity contribution in [3.05, 3.63) is 0 Å². The number of ether oxygens (including phenoxy) is 1. The maximum Gasteiger partial charge on any atom is 0.341 e. The highest BCUT2D eigenvalue weighted by atomic mass is 32.2. The van der Waals surface area contributed by atoms with E-state index in [1.807, 2.05) is 11.2 Å². The molecule has 1 saturated heterocycles. The number of urea groups is 1. The summed E-state index contributed by atoms with van der Waals surface area (Å²) in [4.78, 5) is 19.0. The van der Waals surface area contributed by atoms with Gasteiger partial charge in [0.2, 0.25) is 0 Å². The van der Waals surface area contributed by atoms with E-state index in [-0.39, 0.29) is 12.1 Å². The van der Waals surface area contributed by atoms with Crippen molar-refractivity contribution in [2.45, 2.75) is 25.3 Å². The molecule has 5 nitrogen and oxygen atoms in total. The average molecular weight is 274 g/mol. The molecule has 2 aliphatic rings. The molecular formula is C12H22N2O3S. The van der Waals surface area contributed by atoms with Crippen LogP contribution in [-0.4, -0.2) is 55.3 Å². The molecule has 0 spiro atoms. The van der Waals surface area contributed by atoms with Crippen molar-refractivity contribution in [3.8, 4) is 0 Å². The Bertz CT molecular complexity index is 274. The Balaban J connectivity index is 1.73. The molecule has 1 unspecified atom stereocenters. The van der Waals surface area contributed by atoms with Crippen molar-refractivity contribution in [3.63, 3.8) is 0 Å². The van der Waals surface area contributed by atoms with Gasteiger partial charge in [0.1, 0.15) is 0 Å². The molecule has 6 heteroatoms. The van der Waals surface area contributed by atoms with E-state index in [0.717, 1.165) is 18.1 Å². The van der Waals surface area contributed by atoms with Gasteiger partial charge in [-0.15, -0.1) is 0 Å². The van der Waals surface area contributed by atoms with Gasteiger partial charge in [-0.3, -0.25) is 4.84 Å². The molecule has 0 aromatic carbocycles. The van der Waals surface area contributed by atoms with E-state index >= 15 is 0 Å². The molecule has 1 aliphatic heterocycles. The molecule has 1 saturated carbocycles. The lowest BCUT2D eigenvalue weighted by Gasteiger charge is -2.35. The van der Waals surface area contributed by atoms with E-state index < -0.39 is 0 Å². The Morgan fingerprint density at radius 3 is 3.11 bits per heavy atom. The molecule has 2 amide bonds. The molecule has 104 valence electrons. The summed E-state index contributed by atoms with van der Waals surface area (Å²) in [6, 6.07) is 0.0976. The van der Waals surface area contributed by atoms with E-state index in [4.69, 9.17) is 9.57 Å². The Labute approximate surface area is 113 Å². The summed E-state index contributed by atoms with van der Waals surface area (Å²) in [6.45, 7) is 2.49. The lowest BCUT2D eigenvalue weighted by Crippen LogP contribution is -2.52. The number of nitrogens with zero attached hydrogens (tertiary/aromatic N) is 1. The van der Waals surface area contributed by atoms with Gasteiger partial charge >= 0.3 is 6.03 Å². The first-order chi connectivity index (χ1) is 8.81. The van der Waals surface area contributed by atoms with Gasteiger partial charge in [-0.05, 0) is 18.6 Å². The third kappa shape index (κ3) is 4.33. The quantitative estimate of drug-likeness (QED) is 0.589. The number of rotatable bonds is 6. The smallest absolute Gasteiger partial charge is 0.341 e. The number of amides is 2. The van der Waals surface area contributed by atoms with Crippen molar-refractivity contribution < 1.29 is 14.4 Å². The van der Waals surface area contributed by atoms with E-state index in [1.54, 1.807) is 11.8 Å². The molecule has 18 heavy (non-hydrogen) atoms. The second-order valence-electron chi connectivity index (χ2n) is 4.85. The van der Waals surface area contributed by atoms with Gasteiger partial charge in [0, 0.05) is 12.3 Å². The number of carbonyl (C=O) groups excluding carboxylic acids is 1. The maximum atomic E-state index is 12.0. The number of morpholine rings is 1. The molecule has 1 heterocycles. The minimum Gasteiger partial charge on any atom is -0.377 e. The zero-order valence-electron chi connectivity index (χ0n) is 10.9. The number of hydrogen-bond donors (Lipinski definition) is 1. The molecular weight excluding hydrogens is 252 g/mol. The fourth-order valence-corrected chi connectivity index (χ4v) is 2.40. The third-order valence-corrected chi connectivity index (χ3v) is 3.91. The molecule has 0 aromatic rings. The zero-order valence-corrected chi connectivity index (χ0v) is 11.7. The average Bonchev–Trinajstić information content (AvgIpc) is 3.19. The summed E-state index contributed by atoms with van der Waals surface area (Å²) in [7, 11) is 0. The van der Waals surface area contributed by atoms with Crippen molar-refractivity contribution in [1.82, 2.24) is 10.4 Å². The van der Waals surface area contributed by atoms with Crippen molar-refractivity contribution in [2.24, 2.45) is 5.92 Å². The summed E-state index contributed by atoms with van der Waals surface area (Å²) in [5.41, 5.74) is 2.53. The summed E-state index contributed by atoms with van der Waals surface area (Å²) in [6.07, 6.45) is 5.68. The van der Waals surface area contributed by atoms with E-state index in [2.05, 4.69) is 5.48 Å². The predicted molar refractivity (Wildman–Crippen MR) is 71.5 cm³/mol. The highest BCUT2D eigenvalue weighted by Crippen LogP contribution is 2.35. The minimum absolute atomic E-state index is 0.120. The normalized spacial score (nSPS) is 24.1. The molecule has 1 N–H and O–H groups in total. The van der Waals surface area contributed by atoms with Gasteiger partial charge in [-0.1, -0.05) is 12.8 Å². The standard InChI is InChI=1S/C12H22N2O3S/c1-18-7-6-17-13-12(15)14-4-5-16-9-11(14)8-10-2-3-10/h10-11H,2-9H2,1H3,(H,13,15). The molecule has 2 rings (SSSR count). The molecule has 0 bridgehead atoms. The maximum absolute atomic E-state index is 12.0. The van der Waals surface area contributed by atoms with Gasteiger partial charge in [0.15, 0.2) is 0 Å². The predicted octanol–water partition coefficient (Wildman–Crippen LogP) is 1.49. The van der Waals surface area contributed by atoms with Crippen LogP contribution in [0.15, 0.2) is 0 Å². The van der Waals surface area contributed by atoms with E-state index in [1.165, 1.54) is 12.8 Å². The first-order valence-electron chi connectivity index (χ1n) is 6.56. The third-order valence-electron chi connectivity index (χ3n) is 3.34. The first kappa shape index (κ1) is 14.0. The molecule has 1 aliphatic carbocycles. The molecule has 2 fully saturated rings.